The summed E-state index contributed by atoms with van der Waals surface area (Å²) >= 11 is 0. The number of hydrogen-bond donors (Lipinski definition) is 1. The third kappa shape index (κ3) is 3.92. The maximum atomic E-state index is 14.4. The summed E-state index contributed by atoms with van der Waals surface area (Å²) in [5, 5.41) is 9.87. The molecule has 4 aliphatic heterocycles. The lowest BCUT2D eigenvalue weighted by Crippen LogP contribution is -2.56. The number of carbonyl (C=O) groups excluding carboxylic acids is 3. The molecule has 0 radical (unpaired) electrons. The predicted molar refractivity (Wildman–Crippen MR) is 138 cm³/mol. The van der Waals surface area contributed by atoms with Crippen molar-refractivity contribution in [3.05, 3.63) is 53.6 Å². The minimum absolute atomic E-state index is 0.0257. The average molecular weight is 509 g/mol. The molecule has 0 aliphatic carbocycles. The van der Waals surface area contributed by atoms with Gasteiger partial charge in [-0.1, -0.05) is 43.4 Å². The lowest BCUT2D eigenvalue weighted by molar-refractivity contribution is -0.160. The SMILES string of the molecule is CC[C@@]12/C=C\CCCCOC(=O)[C@@H]1[C@H]1C(=O)N(CCO)C3C(=O)N(c4cc(C)ccc4C)CC=C[C@@]31O2. The normalized spacial score (nSPS) is 34.5. The van der Waals surface area contributed by atoms with Gasteiger partial charge in [0.05, 0.1) is 19.1 Å². The summed E-state index contributed by atoms with van der Waals surface area (Å²) in [6.07, 6.45) is 10.5. The van der Waals surface area contributed by atoms with Gasteiger partial charge in [-0.3, -0.25) is 14.4 Å². The number of benzene rings is 1. The van der Waals surface area contributed by atoms with Crippen LogP contribution < -0.4 is 4.90 Å². The van der Waals surface area contributed by atoms with E-state index >= 15 is 0 Å². The number of amides is 2. The maximum Gasteiger partial charge on any atom is 0.313 e. The van der Waals surface area contributed by atoms with Crippen molar-refractivity contribution in [1.82, 2.24) is 4.90 Å². The van der Waals surface area contributed by atoms with E-state index in [0.717, 1.165) is 36.1 Å². The molecule has 1 N–H and O–H groups in total. The van der Waals surface area contributed by atoms with Crippen LogP contribution in [-0.2, 0) is 23.9 Å². The number of nitrogens with zero attached hydrogens (tertiary/aromatic N) is 2. The molecular weight excluding hydrogens is 472 g/mol. The minimum atomic E-state index is -1.35. The van der Waals surface area contributed by atoms with E-state index < -0.39 is 35.0 Å². The van der Waals surface area contributed by atoms with Gasteiger partial charge in [-0.2, -0.15) is 0 Å². The van der Waals surface area contributed by atoms with Crippen molar-refractivity contribution >= 4 is 23.5 Å². The largest absolute Gasteiger partial charge is 0.465 e. The number of rotatable bonds is 4. The zero-order valence-corrected chi connectivity index (χ0v) is 21.8. The molecule has 0 saturated carbocycles. The second kappa shape index (κ2) is 9.72. The van der Waals surface area contributed by atoms with Gasteiger partial charge in [-0.25, -0.2) is 0 Å². The number of β-amino-alcohol motifs (C(OH)–C–C–N with tert-alkyl or cyclic N) is 1. The van der Waals surface area contributed by atoms with Crippen molar-refractivity contribution in [3.8, 4) is 0 Å². The van der Waals surface area contributed by atoms with Crippen molar-refractivity contribution < 1.29 is 29.0 Å². The summed E-state index contributed by atoms with van der Waals surface area (Å²) in [6.45, 7) is 6.12. The Balaban J connectivity index is 1.67. The van der Waals surface area contributed by atoms with E-state index in [2.05, 4.69) is 0 Å². The highest BCUT2D eigenvalue weighted by atomic mass is 16.6. The molecule has 1 aromatic carbocycles. The number of hydrogen-bond acceptors (Lipinski definition) is 6. The summed E-state index contributed by atoms with van der Waals surface area (Å²) in [5.74, 6) is -2.93. The second-order valence-electron chi connectivity index (χ2n) is 10.6. The molecule has 8 heteroatoms. The average Bonchev–Trinajstić information content (AvgIpc) is 3.23. The summed E-state index contributed by atoms with van der Waals surface area (Å²) < 4.78 is 12.6. The standard InChI is InChI=1S/C29H36N2O6/c1-4-28-12-7-5-6-8-17-36-27(35)23(28)22-25(33)31(15-16-32)24-26(34)30(14-9-13-29(22,24)37-28)21-18-19(2)10-11-20(21)3/h7,9-13,18,22-24,32H,4-6,8,14-17H2,1-3H3/b12-7-/t22-,23-,24?,28+,29-/m0/s1. The number of aliphatic hydroxyl groups is 1. The van der Waals surface area contributed by atoms with Crippen LogP contribution in [0, 0.1) is 25.7 Å². The molecule has 2 fully saturated rings. The van der Waals surface area contributed by atoms with Crippen LogP contribution >= 0.6 is 0 Å². The Kier molecular flexibility index (Phi) is 6.75. The number of carbonyl (C=O) groups is 3. The maximum absolute atomic E-state index is 14.4. The summed E-state index contributed by atoms with van der Waals surface area (Å²) in [6, 6.07) is 4.92. The Labute approximate surface area is 217 Å². The molecule has 0 bridgehead atoms. The summed E-state index contributed by atoms with van der Waals surface area (Å²) in [5.41, 5.74) is 0.305. The van der Waals surface area contributed by atoms with Crippen LogP contribution in [0.3, 0.4) is 0 Å². The van der Waals surface area contributed by atoms with Crippen LogP contribution in [0.2, 0.25) is 0 Å². The number of likely N-dealkylation sites (tertiary alicyclic amines) is 1. The second-order valence-corrected chi connectivity index (χ2v) is 10.6. The molecule has 4 aliphatic rings. The van der Waals surface area contributed by atoms with Crippen LogP contribution in [0.4, 0.5) is 5.69 Å². The van der Waals surface area contributed by atoms with Gasteiger partial charge in [-0.05, 0) is 56.7 Å². The highest BCUT2D eigenvalue weighted by Gasteiger charge is 2.75. The molecule has 37 heavy (non-hydrogen) atoms. The first-order valence-electron chi connectivity index (χ1n) is 13.3. The molecule has 1 spiro atoms. The van der Waals surface area contributed by atoms with E-state index in [-0.39, 0.29) is 31.6 Å². The molecule has 2 amide bonds. The van der Waals surface area contributed by atoms with Gasteiger partial charge in [0.15, 0.2) is 0 Å². The van der Waals surface area contributed by atoms with E-state index in [9.17, 15) is 19.5 Å². The zero-order chi connectivity index (χ0) is 26.4. The topological polar surface area (TPSA) is 96.4 Å². The lowest BCUT2D eigenvalue weighted by Gasteiger charge is -2.38. The smallest absolute Gasteiger partial charge is 0.313 e. The lowest BCUT2D eigenvalue weighted by atomic mass is 9.73. The fourth-order valence-corrected chi connectivity index (χ4v) is 6.61. The first kappa shape index (κ1) is 25.7. The number of fused-ring (bicyclic) bond motifs is 2. The first-order valence-corrected chi connectivity index (χ1v) is 13.3. The number of allylic oxidation sites excluding steroid dienone is 1. The molecule has 5 rings (SSSR count). The number of esters is 1. The quantitative estimate of drug-likeness (QED) is 0.496. The molecule has 2 saturated heterocycles. The van der Waals surface area contributed by atoms with Crippen molar-refractivity contribution in [2.24, 2.45) is 11.8 Å². The highest BCUT2D eigenvalue weighted by Crippen LogP contribution is 2.58. The van der Waals surface area contributed by atoms with Crippen LogP contribution in [0.25, 0.3) is 0 Å². The predicted octanol–water partition coefficient (Wildman–Crippen LogP) is 2.84. The molecule has 5 atom stereocenters. The fourth-order valence-electron chi connectivity index (χ4n) is 6.61. The van der Waals surface area contributed by atoms with E-state index in [1.54, 1.807) is 4.90 Å². The number of aryl methyl sites for hydroxylation is 2. The molecular formula is C29H36N2O6. The number of aliphatic hydroxyl groups excluding tert-OH is 1. The van der Waals surface area contributed by atoms with Crippen molar-refractivity contribution in [2.45, 2.75) is 63.7 Å². The van der Waals surface area contributed by atoms with Crippen molar-refractivity contribution in [1.29, 1.82) is 0 Å². The Morgan fingerprint density at radius 1 is 1.05 bits per heavy atom. The van der Waals surface area contributed by atoms with Gasteiger partial charge in [-0.15, -0.1) is 0 Å². The van der Waals surface area contributed by atoms with Gasteiger partial charge in [0.1, 0.15) is 23.2 Å². The fraction of sp³-hybridized carbons (Fsp3) is 0.552. The highest BCUT2D eigenvalue weighted by molar-refractivity contribution is 6.06. The number of anilines is 1. The van der Waals surface area contributed by atoms with Crippen molar-refractivity contribution in [2.75, 3.05) is 31.2 Å². The third-order valence-electron chi connectivity index (χ3n) is 8.38. The minimum Gasteiger partial charge on any atom is -0.465 e. The molecule has 1 aromatic rings. The van der Waals surface area contributed by atoms with Crippen LogP contribution in [0.1, 0.15) is 43.7 Å². The van der Waals surface area contributed by atoms with Gasteiger partial charge < -0.3 is 24.4 Å². The zero-order valence-electron chi connectivity index (χ0n) is 21.8. The monoisotopic (exact) mass is 508 g/mol. The summed E-state index contributed by atoms with van der Waals surface area (Å²) in [4.78, 5) is 45.1. The van der Waals surface area contributed by atoms with E-state index in [1.807, 2.05) is 63.3 Å². The van der Waals surface area contributed by atoms with Crippen LogP contribution in [-0.4, -0.2) is 71.3 Å². The molecule has 198 valence electrons. The Bertz CT molecular complexity index is 1160. The Morgan fingerprint density at radius 2 is 1.86 bits per heavy atom. The number of ether oxygens (including phenoxy) is 2. The van der Waals surface area contributed by atoms with E-state index in [4.69, 9.17) is 9.47 Å². The van der Waals surface area contributed by atoms with Gasteiger partial charge >= 0.3 is 5.97 Å². The molecule has 1 unspecified atom stereocenters. The third-order valence-corrected chi connectivity index (χ3v) is 8.38. The molecule has 8 nitrogen and oxygen atoms in total. The van der Waals surface area contributed by atoms with Gasteiger partial charge in [0, 0.05) is 18.8 Å². The van der Waals surface area contributed by atoms with Crippen molar-refractivity contribution in [3.63, 3.8) is 0 Å². The first-order chi connectivity index (χ1) is 17.8. The van der Waals surface area contributed by atoms with Crippen LogP contribution in [0.15, 0.2) is 42.5 Å². The van der Waals surface area contributed by atoms with Gasteiger partial charge in [0.2, 0.25) is 5.91 Å². The summed E-state index contributed by atoms with van der Waals surface area (Å²) in [7, 11) is 0. The molecule has 4 heterocycles. The van der Waals surface area contributed by atoms with Gasteiger partial charge in [0.25, 0.3) is 5.91 Å². The number of cyclic esters (lactones) is 1. The molecule has 0 aromatic heterocycles. The van der Waals surface area contributed by atoms with E-state index in [1.165, 1.54) is 4.90 Å². The van der Waals surface area contributed by atoms with E-state index in [0.29, 0.717) is 13.0 Å². The Morgan fingerprint density at radius 3 is 2.62 bits per heavy atom. The Hall–Kier alpha value is -2.97. The van der Waals surface area contributed by atoms with Crippen LogP contribution in [0.5, 0.6) is 0 Å².